The molecule has 1 aliphatic heterocycles. The highest BCUT2D eigenvalue weighted by molar-refractivity contribution is 6.61. The third kappa shape index (κ3) is 4.60. The lowest BCUT2D eigenvalue weighted by Crippen LogP contribution is -2.41. The van der Waals surface area contributed by atoms with Crippen molar-refractivity contribution >= 4 is 18.6 Å². The van der Waals surface area contributed by atoms with E-state index >= 15 is 0 Å². The first kappa shape index (κ1) is 19.0. The van der Waals surface area contributed by atoms with Crippen molar-refractivity contribution in [2.45, 2.75) is 77.5 Å². The van der Waals surface area contributed by atoms with E-state index in [1.54, 1.807) is 0 Å². The first-order chi connectivity index (χ1) is 11.2. The molecule has 1 aromatic rings. The Morgan fingerprint density at radius 1 is 1.17 bits per heavy atom. The molecular formula is C17H29BN2O4. The molecule has 6 nitrogen and oxygen atoms in total. The van der Waals surface area contributed by atoms with E-state index in [2.05, 4.69) is 9.84 Å². The number of hydrogen-bond donors (Lipinski definition) is 0. The quantitative estimate of drug-likeness (QED) is 0.414. The van der Waals surface area contributed by atoms with E-state index in [4.69, 9.17) is 9.31 Å². The van der Waals surface area contributed by atoms with Gasteiger partial charge in [-0.25, -0.2) is 0 Å². The maximum atomic E-state index is 11.0. The Bertz CT molecular complexity index is 541. The van der Waals surface area contributed by atoms with Gasteiger partial charge in [-0.2, -0.15) is 5.10 Å². The minimum Gasteiger partial charge on any atom is -0.469 e. The van der Waals surface area contributed by atoms with Crippen molar-refractivity contribution in [2.24, 2.45) is 0 Å². The monoisotopic (exact) mass is 336 g/mol. The molecule has 7 heteroatoms. The van der Waals surface area contributed by atoms with Crippen LogP contribution in [0.15, 0.2) is 12.4 Å². The van der Waals surface area contributed by atoms with Gasteiger partial charge in [0.05, 0.1) is 18.3 Å². The molecule has 0 radical (unpaired) electrons. The van der Waals surface area contributed by atoms with Gasteiger partial charge in [-0.1, -0.05) is 12.8 Å². The summed E-state index contributed by atoms with van der Waals surface area (Å²) < 4.78 is 18.6. The molecule has 2 rings (SSSR count). The van der Waals surface area contributed by atoms with E-state index < -0.39 is 0 Å². The number of aryl methyl sites for hydroxylation is 1. The number of hydrogen-bond acceptors (Lipinski definition) is 5. The highest BCUT2D eigenvalue weighted by Crippen LogP contribution is 2.36. The number of rotatable bonds is 8. The van der Waals surface area contributed by atoms with Crippen molar-refractivity contribution in [2.75, 3.05) is 7.11 Å². The topological polar surface area (TPSA) is 62.6 Å². The second-order valence-corrected chi connectivity index (χ2v) is 7.37. The largest absolute Gasteiger partial charge is 0.498 e. The maximum Gasteiger partial charge on any atom is 0.498 e. The fourth-order valence-corrected chi connectivity index (χ4v) is 2.60. The van der Waals surface area contributed by atoms with Crippen LogP contribution < -0.4 is 5.46 Å². The summed E-state index contributed by atoms with van der Waals surface area (Å²) >= 11 is 0. The number of unbranched alkanes of at least 4 members (excludes halogenated alkanes) is 3. The summed E-state index contributed by atoms with van der Waals surface area (Å²) in [6.45, 7) is 9.05. The molecule has 1 fully saturated rings. The molecule has 24 heavy (non-hydrogen) atoms. The first-order valence-electron chi connectivity index (χ1n) is 8.70. The fraction of sp³-hybridized carbons (Fsp3) is 0.765. The van der Waals surface area contributed by atoms with Crippen molar-refractivity contribution < 1.29 is 18.8 Å². The maximum absolute atomic E-state index is 11.0. The van der Waals surface area contributed by atoms with Crippen LogP contribution in [-0.4, -0.2) is 41.2 Å². The van der Waals surface area contributed by atoms with Gasteiger partial charge in [0.2, 0.25) is 0 Å². The molecule has 0 spiro atoms. The third-order valence-corrected chi connectivity index (χ3v) is 4.92. The van der Waals surface area contributed by atoms with Crippen molar-refractivity contribution in [1.82, 2.24) is 9.78 Å². The minimum atomic E-state index is -0.358. The number of carbonyl (C=O) groups is 1. The molecule has 1 aromatic heterocycles. The summed E-state index contributed by atoms with van der Waals surface area (Å²) in [5.74, 6) is -0.130. The Balaban J connectivity index is 1.73. The highest BCUT2D eigenvalue weighted by Gasteiger charge is 2.52. The van der Waals surface area contributed by atoms with Crippen molar-refractivity contribution in [3.05, 3.63) is 12.4 Å². The van der Waals surface area contributed by atoms with E-state index in [-0.39, 0.29) is 24.3 Å². The average Bonchev–Trinajstić information content (AvgIpc) is 3.05. The van der Waals surface area contributed by atoms with Gasteiger partial charge in [0.15, 0.2) is 0 Å². The predicted molar refractivity (Wildman–Crippen MR) is 93.0 cm³/mol. The van der Waals surface area contributed by atoms with Crippen molar-refractivity contribution in [3.63, 3.8) is 0 Å². The lowest BCUT2D eigenvalue weighted by atomic mass is 9.82. The van der Waals surface area contributed by atoms with E-state index in [9.17, 15) is 4.79 Å². The lowest BCUT2D eigenvalue weighted by molar-refractivity contribution is -0.140. The van der Waals surface area contributed by atoms with Crippen LogP contribution in [0.2, 0.25) is 0 Å². The fourth-order valence-electron chi connectivity index (χ4n) is 2.60. The Morgan fingerprint density at radius 2 is 1.79 bits per heavy atom. The van der Waals surface area contributed by atoms with E-state index in [1.165, 1.54) is 7.11 Å². The zero-order chi connectivity index (χ0) is 17.8. The summed E-state index contributed by atoms with van der Waals surface area (Å²) in [5, 5.41) is 4.40. The lowest BCUT2D eigenvalue weighted by Gasteiger charge is -2.32. The van der Waals surface area contributed by atoms with Gasteiger partial charge in [-0.15, -0.1) is 0 Å². The van der Waals surface area contributed by atoms with Gasteiger partial charge in [-0.3, -0.25) is 9.48 Å². The van der Waals surface area contributed by atoms with Crippen LogP contribution in [0.4, 0.5) is 0 Å². The molecule has 0 atom stereocenters. The summed E-state index contributed by atoms with van der Waals surface area (Å²) in [6, 6.07) is 0. The number of aromatic nitrogens is 2. The van der Waals surface area contributed by atoms with Gasteiger partial charge in [0.25, 0.3) is 0 Å². The smallest absolute Gasteiger partial charge is 0.469 e. The molecule has 0 amide bonds. The molecule has 2 heterocycles. The molecule has 0 aromatic carbocycles. The van der Waals surface area contributed by atoms with Gasteiger partial charge < -0.3 is 14.0 Å². The van der Waals surface area contributed by atoms with E-state index in [0.717, 1.165) is 37.7 Å². The van der Waals surface area contributed by atoms with E-state index in [0.29, 0.717) is 6.42 Å². The number of ether oxygens (including phenoxy) is 1. The van der Waals surface area contributed by atoms with Gasteiger partial charge in [0.1, 0.15) is 0 Å². The standard InChI is InChI=1S/C17H29BN2O4/c1-16(2)17(3,4)24-18(23-16)14-12-19-20(13-14)11-9-7-6-8-10-15(21)22-5/h12-13H,6-11H2,1-5H3. The van der Waals surface area contributed by atoms with Gasteiger partial charge in [-0.05, 0) is 40.5 Å². The Morgan fingerprint density at radius 3 is 2.42 bits per heavy atom. The second kappa shape index (κ2) is 7.70. The predicted octanol–water partition coefficient (Wildman–Crippen LogP) is 2.31. The van der Waals surface area contributed by atoms with Crippen LogP contribution in [0.1, 0.15) is 59.8 Å². The Hall–Kier alpha value is -1.34. The summed E-state index contributed by atoms with van der Waals surface area (Å²) in [6.07, 6.45) is 8.33. The molecule has 0 N–H and O–H groups in total. The Kier molecular flexibility index (Phi) is 6.09. The molecule has 0 saturated carbocycles. The molecule has 0 unspecified atom stereocenters. The van der Waals surface area contributed by atoms with E-state index in [1.807, 2.05) is 44.8 Å². The average molecular weight is 336 g/mol. The summed E-state index contributed by atoms with van der Waals surface area (Å²) in [4.78, 5) is 11.0. The van der Waals surface area contributed by atoms with Crippen LogP contribution >= 0.6 is 0 Å². The van der Waals surface area contributed by atoms with Crippen LogP contribution in [0, 0.1) is 0 Å². The van der Waals surface area contributed by atoms with Crippen LogP contribution in [0.3, 0.4) is 0 Å². The normalized spacial score (nSPS) is 18.8. The summed E-state index contributed by atoms with van der Waals surface area (Å²) in [5.41, 5.74) is 0.290. The second-order valence-electron chi connectivity index (χ2n) is 7.37. The van der Waals surface area contributed by atoms with Gasteiger partial charge in [0, 0.05) is 30.8 Å². The van der Waals surface area contributed by atoms with Crippen molar-refractivity contribution in [3.8, 4) is 0 Å². The van der Waals surface area contributed by atoms with Crippen LogP contribution in [0.5, 0.6) is 0 Å². The highest BCUT2D eigenvalue weighted by atomic mass is 16.7. The molecule has 0 bridgehead atoms. The molecule has 0 aliphatic carbocycles. The molecule has 134 valence electrons. The number of carbonyl (C=O) groups excluding carboxylic acids is 1. The summed E-state index contributed by atoms with van der Waals surface area (Å²) in [7, 11) is 1.07. The van der Waals surface area contributed by atoms with Crippen LogP contribution in [-0.2, 0) is 25.4 Å². The third-order valence-electron chi connectivity index (χ3n) is 4.92. The number of nitrogens with zero attached hydrogens (tertiary/aromatic N) is 2. The zero-order valence-electron chi connectivity index (χ0n) is 15.5. The van der Waals surface area contributed by atoms with Crippen molar-refractivity contribution in [1.29, 1.82) is 0 Å². The SMILES string of the molecule is COC(=O)CCCCCCn1cc(B2OC(C)(C)C(C)(C)O2)cn1. The minimum absolute atomic E-state index is 0.130. The zero-order valence-corrected chi connectivity index (χ0v) is 15.5. The van der Waals surface area contributed by atoms with Crippen LogP contribution in [0.25, 0.3) is 0 Å². The van der Waals surface area contributed by atoms with Gasteiger partial charge >= 0.3 is 13.1 Å². The number of esters is 1. The molecule has 1 aliphatic rings. The number of methoxy groups -OCH3 is 1. The Labute approximate surface area is 145 Å². The molecular weight excluding hydrogens is 307 g/mol. The molecule has 1 saturated heterocycles. The first-order valence-corrected chi connectivity index (χ1v) is 8.70.